The molecule has 0 aliphatic carbocycles. The Labute approximate surface area is 202 Å². The lowest BCUT2D eigenvalue weighted by Gasteiger charge is -2.34. The number of rotatable bonds is 5. The number of esters is 1. The van der Waals surface area contributed by atoms with Crippen molar-refractivity contribution in [2.75, 3.05) is 37.0 Å². The monoisotopic (exact) mass is 481 g/mol. The van der Waals surface area contributed by atoms with Gasteiger partial charge in [-0.1, -0.05) is 25.0 Å². The van der Waals surface area contributed by atoms with Gasteiger partial charge in [0.2, 0.25) is 11.8 Å². The molecular formula is C25H27N3O5S. The maximum absolute atomic E-state index is 13.4. The molecule has 0 spiro atoms. The van der Waals surface area contributed by atoms with Gasteiger partial charge in [0.05, 0.1) is 18.4 Å². The van der Waals surface area contributed by atoms with Crippen molar-refractivity contribution in [1.29, 1.82) is 0 Å². The highest BCUT2D eigenvalue weighted by atomic mass is 32.2. The number of nitrogens with one attached hydrogen (secondary N) is 1. The zero-order valence-corrected chi connectivity index (χ0v) is 19.8. The summed E-state index contributed by atoms with van der Waals surface area (Å²) in [4.78, 5) is 55.1. The number of benzene rings is 2. The number of likely N-dealkylation sites (tertiary alicyclic amines) is 1. The van der Waals surface area contributed by atoms with Gasteiger partial charge in [-0.3, -0.25) is 14.4 Å². The summed E-state index contributed by atoms with van der Waals surface area (Å²) in [7, 11) is 1.30. The number of para-hydroxylation sites is 1. The number of nitrogens with zero attached hydrogens (tertiary/aromatic N) is 2. The van der Waals surface area contributed by atoms with Crippen molar-refractivity contribution in [3.8, 4) is 0 Å². The molecular weight excluding hydrogens is 454 g/mol. The maximum Gasteiger partial charge on any atom is 0.337 e. The summed E-state index contributed by atoms with van der Waals surface area (Å²) in [5.41, 5.74) is 1.48. The summed E-state index contributed by atoms with van der Waals surface area (Å²) >= 11 is 1.26. The van der Waals surface area contributed by atoms with Crippen molar-refractivity contribution in [2.24, 2.45) is 0 Å². The molecule has 4 rings (SSSR count). The van der Waals surface area contributed by atoms with E-state index in [1.165, 1.54) is 23.8 Å². The third-order valence-electron chi connectivity index (χ3n) is 5.92. The summed E-state index contributed by atoms with van der Waals surface area (Å²) in [6, 6.07) is 13.6. The fourth-order valence-corrected chi connectivity index (χ4v) is 5.33. The van der Waals surface area contributed by atoms with E-state index in [-0.39, 0.29) is 18.4 Å². The molecule has 0 unspecified atom stereocenters. The number of carbonyl (C=O) groups excluding carboxylic acids is 4. The number of hydrogen-bond donors (Lipinski definition) is 1. The van der Waals surface area contributed by atoms with Crippen LogP contribution < -0.4 is 10.2 Å². The molecule has 1 atom stereocenters. The van der Waals surface area contributed by atoms with E-state index in [4.69, 9.17) is 0 Å². The number of thioether (sulfide) groups is 1. The molecule has 2 aliphatic rings. The van der Waals surface area contributed by atoms with Gasteiger partial charge in [-0.25, -0.2) is 4.79 Å². The Morgan fingerprint density at radius 2 is 1.68 bits per heavy atom. The van der Waals surface area contributed by atoms with E-state index in [9.17, 15) is 19.2 Å². The van der Waals surface area contributed by atoms with E-state index in [0.717, 1.165) is 30.6 Å². The minimum absolute atomic E-state index is 0.185. The van der Waals surface area contributed by atoms with Gasteiger partial charge >= 0.3 is 5.97 Å². The average molecular weight is 482 g/mol. The van der Waals surface area contributed by atoms with E-state index in [1.54, 1.807) is 41.3 Å². The highest BCUT2D eigenvalue weighted by Gasteiger charge is 2.40. The van der Waals surface area contributed by atoms with Crippen LogP contribution in [0.5, 0.6) is 0 Å². The largest absolute Gasteiger partial charge is 0.465 e. The minimum Gasteiger partial charge on any atom is -0.465 e. The molecule has 1 N–H and O–H groups in total. The van der Waals surface area contributed by atoms with Crippen molar-refractivity contribution >= 4 is 46.8 Å². The van der Waals surface area contributed by atoms with Crippen molar-refractivity contribution in [3.63, 3.8) is 0 Å². The van der Waals surface area contributed by atoms with Crippen LogP contribution >= 0.6 is 11.8 Å². The van der Waals surface area contributed by atoms with E-state index >= 15 is 0 Å². The zero-order valence-electron chi connectivity index (χ0n) is 19.0. The topological polar surface area (TPSA) is 96.0 Å². The molecule has 0 aromatic heterocycles. The summed E-state index contributed by atoms with van der Waals surface area (Å²) < 4.78 is 4.68. The standard InChI is InChI=1S/C25H27N3O5S/c1-33-25(32)17-10-12-18(13-11-17)26-21(29)16-28-19-8-4-5-9-20(19)34-22(24(28)31)23(30)27-14-6-2-3-7-15-27/h4-5,8-13,22H,2-3,6-7,14-16H2,1H3,(H,26,29)/t22-/m0/s1. The second-order valence-electron chi connectivity index (χ2n) is 8.25. The molecule has 2 heterocycles. The summed E-state index contributed by atoms with van der Waals surface area (Å²) in [6.07, 6.45) is 4.06. The van der Waals surface area contributed by atoms with Gasteiger partial charge in [0.15, 0.2) is 5.25 Å². The van der Waals surface area contributed by atoms with Crippen molar-refractivity contribution in [1.82, 2.24) is 4.90 Å². The van der Waals surface area contributed by atoms with Gasteiger partial charge in [0.1, 0.15) is 6.54 Å². The van der Waals surface area contributed by atoms with E-state index in [2.05, 4.69) is 10.1 Å². The molecule has 34 heavy (non-hydrogen) atoms. The smallest absolute Gasteiger partial charge is 0.337 e. The van der Waals surface area contributed by atoms with Gasteiger partial charge in [0.25, 0.3) is 5.91 Å². The first-order valence-corrected chi connectivity index (χ1v) is 12.2. The summed E-state index contributed by atoms with van der Waals surface area (Å²) in [5.74, 6) is -1.43. The highest BCUT2D eigenvalue weighted by Crippen LogP contribution is 2.39. The molecule has 8 nitrogen and oxygen atoms in total. The van der Waals surface area contributed by atoms with Crippen LogP contribution in [0.4, 0.5) is 11.4 Å². The predicted octanol–water partition coefficient (Wildman–Crippen LogP) is 3.32. The fraction of sp³-hybridized carbons (Fsp3) is 0.360. The van der Waals surface area contributed by atoms with Crippen molar-refractivity contribution in [3.05, 3.63) is 54.1 Å². The number of methoxy groups -OCH3 is 1. The van der Waals surface area contributed by atoms with Gasteiger partial charge in [-0.05, 0) is 49.2 Å². The van der Waals surface area contributed by atoms with E-state index in [1.807, 2.05) is 12.1 Å². The van der Waals surface area contributed by atoms with Gasteiger partial charge in [-0.15, -0.1) is 11.8 Å². The van der Waals surface area contributed by atoms with Crippen LogP contribution in [0.3, 0.4) is 0 Å². The lowest BCUT2D eigenvalue weighted by Crippen LogP contribution is -2.51. The first-order chi connectivity index (χ1) is 16.5. The van der Waals surface area contributed by atoms with Crippen LogP contribution in [0, 0.1) is 0 Å². The Balaban J connectivity index is 1.50. The number of carbonyl (C=O) groups is 4. The molecule has 0 bridgehead atoms. The first kappa shape index (κ1) is 23.8. The second kappa shape index (κ2) is 10.7. The van der Waals surface area contributed by atoms with Crippen LogP contribution in [0.25, 0.3) is 0 Å². The van der Waals surface area contributed by atoms with Crippen LogP contribution in [0.1, 0.15) is 36.0 Å². The fourth-order valence-electron chi connectivity index (χ4n) is 4.15. The van der Waals surface area contributed by atoms with Crippen LogP contribution in [-0.4, -0.2) is 60.6 Å². The predicted molar refractivity (Wildman–Crippen MR) is 130 cm³/mol. The van der Waals surface area contributed by atoms with Gasteiger partial charge in [-0.2, -0.15) is 0 Å². The van der Waals surface area contributed by atoms with E-state index in [0.29, 0.717) is 30.0 Å². The number of amides is 3. The minimum atomic E-state index is -0.903. The lowest BCUT2D eigenvalue weighted by atomic mass is 10.2. The van der Waals surface area contributed by atoms with E-state index < -0.39 is 17.1 Å². The molecule has 0 radical (unpaired) electrons. The first-order valence-electron chi connectivity index (χ1n) is 11.3. The molecule has 178 valence electrons. The Bertz CT molecular complexity index is 1080. The number of anilines is 2. The molecule has 1 saturated heterocycles. The molecule has 9 heteroatoms. The Hall–Kier alpha value is -3.33. The lowest BCUT2D eigenvalue weighted by molar-refractivity contribution is -0.135. The molecule has 2 aromatic rings. The SMILES string of the molecule is COC(=O)c1ccc(NC(=O)CN2C(=O)[C@H](C(=O)N3CCCCCC3)Sc3ccccc32)cc1. The van der Waals surface area contributed by atoms with Crippen LogP contribution in [-0.2, 0) is 19.1 Å². The zero-order chi connectivity index (χ0) is 24.1. The Morgan fingerprint density at radius 3 is 2.35 bits per heavy atom. The van der Waals surface area contributed by atoms with Gasteiger partial charge < -0.3 is 19.9 Å². The van der Waals surface area contributed by atoms with Crippen molar-refractivity contribution in [2.45, 2.75) is 35.8 Å². The average Bonchev–Trinajstić information content (AvgIpc) is 3.15. The third-order valence-corrected chi connectivity index (χ3v) is 7.16. The second-order valence-corrected chi connectivity index (χ2v) is 9.39. The third kappa shape index (κ3) is 5.25. The summed E-state index contributed by atoms with van der Waals surface area (Å²) in [5, 5.41) is 1.85. The molecule has 0 saturated carbocycles. The van der Waals surface area contributed by atoms with Gasteiger partial charge in [0, 0.05) is 23.7 Å². The Morgan fingerprint density at radius 1 is 1.00 bits per heavy atom. The number of hydrogen-bond acceptors (Lipinski definition) is 6. The van der Waals surface area contributed by atoms with Crippen LogP contribution in [0.2, 0.25) is 0 Å². The number of fused-ring (bicyclic) bond motifs is 1. The normalized spacial score (nSPS) is 18.0. The quantitative estimate of drug-likeness (QED) is 0.520. The number of ether oxygens (including phenoxy) is 1. The van der Waals surface area contributed by atoms with Crippen LogP contribution in [0.15, 0.2) is 53.4 Å². The molecule has 1 fully saturated rings. The molecule has 3 amide bonds. The summed E-state index contributed by atoms with van der Waals surface area (Å²) in [6.45, 7) is 1.10. The van der Waals surface area contributed by atoms with Crippen molar-refractivity contribution < 1.29 is 23.9 Å². The maximum atomic E-state index is 13.4. The highest BCUT2D eigenvalue weighted by molar-refractivity contribution is 8.01. The Kier molecular flexibility index (Phi) is 7.52. The molecule has 2 aliphatic heterocycles. The molecule has 2 aromatic carbocycles.